The van der Waals surface area contributed by atoms with Crippen LogP contribution in [0.1, 0.15) is 26.3 Å². The molecule has 5 N–H and O–H groups in total. The van der Waals surface area contributed by atoms with Crippen molar-refractivity contribution in [2.24, 2.45) is 5.73 Å². The molecule has 3 aromatic carbocycles. The zero-order valence-corrected chi connectivity index (χ0v) is 14.3. The molecule has 0 atom stereocenters. The number of amides is 1. The molecule has 0 bridgehead atoms. The Balaban J connectivity index is 1.85. The van der Waals surface area contributed by atoms with Gasteiger partial charge in [0, 0.05) is 17.8 Å². The third kappa shape index (κ3) is 4.13. The number of carboxylic acids is 1. The second-order valence-electron chi connectivity index (χ2n) is 5.98. The molecule has 0 heterocycles. The maximum atomic E-state index is 12.5. The molecule has 0 aliphatic rings. The first-order chi connectivity index (χ1) is 13.0. The molecule has 0 fully saturated rings. The topological polar surface area (TPSA) is 113 Å². The van der Waals surface area contributed by atoms with E-state index in [0.29, 0.717) is 28.9 Å². The van der Waals surface area contributed by atoms with Crippen molar-refractivity contribution in [1.29, 1.82) is 0 Å². The van der Waals surface area contributed by atoms with Gasteiger partial charge in [0.2, 0.25) is 0 Å². The van der Waals surface area contributed by atoms with Crippen molar-refractivity contribution in [1.82, 2.24) is 0 Å². The van der Waals surface area contributed by atoms with Crippen LogP contribution in [0.2, 0.25) is 0 Å². The van der Waals surface area contributed by atoms with Crippen molar-refractivity contribution in [3.8, 4) is 16.9 Å². The molecule has 3 rings (SSSR count). The molecular weight excluding hydrogens is 344 g/mol. The van der Waals surface area contributed by atoms with Crippen LogP contribution in [0.5, 0.6) is 5.75 Å². The SMILES string of the molecule is NCc1cccc(NC(=O)c2cccc(-c3ccc(C(=O)O)c(O)c3)c2)c1. The number of hydrogen-bond acceptors (Lipinski definition) is 4. The molecule has 0 saturated carbocycles. The molecule has 136 valence electrons. The van der Waals surface area contributed by atoms with Crippen LogP contribution < -0.4 is 11.1 Å². The van der Waals surface area contributed by atoms with E-state index in [9.17, 15) is 14.7 Å². The summed E-state index contributed by atoms with van der Waals surface area (Å²) in [5.41, 5.74) is 8.74. The molecular formula is C21H18N2O4. The van der Waals surface area contributed by atoms with Crippen LogP contribution in [-0.2, 0) is 6.54 Å². The average molecular weight is 362 g/mol. The lowest BCUT2D eigenvalue weighted by Gasteiger charge is -2.09. The molecule has 0 radical (unpaired) electrons. The summed E-state index contributed by atoms with van der Waals surface area (Å²) >= 11 is 0. The zero-order valence-electron chi connectivity index (χ0n) is 14.3. The van der Waals surface area contributed by atoms with Crippen molar-refractivity contribution < 1.29 is 19.8 Å². The van der Waals surface area contributed by atoms with Gasteiger partial charge in [0.1, 0.15) is 11.3 Å². The first kappa shape index (κ1) is 18.2. The number of nitrogens with one attached hydrogen (secondary N) is 1. The van der Waals surface area contributed by atoms with E-state index in [4.69, 9.17) is 10.8 Å². The van der Waals surface area contributed by atoms with Crippen molar-refractivity contribution in [2.75, 3.05) is 5.32 Å². The second kappa shape index (κ2) is 7.72. The van der Waals surface area contributed by atoms with Crippen LogP contribution >= 0.6 is 0 Å². The molecule has 0 aliphatic heterocycles. The van der Waals surface area contributed by atoms with Crippen molar-refractivity contribution in [3.05, 3.63) is 83.4 Å². The molecule has 27 heavy (non-hydrogen) atoms. The maximum Gasteiger partial charge on any atom is 0.339 e. The number of nitrogens with two attached hydrogens (primary N) is 1. The summed E-state index contributed by atoms with van der Waals surface area (Å²) in [6, 6.07) is 18.4. The Morgan fingerprint density at radius 3 is 2.37 bits per heavy atom. The summed E-state index contributed by atoms with van der Waals surface area (Å²) in [7, 11) is 0. The fraction of sp³-hybridized carbons (Fsp3) is 0.0476. The molecule has 3 aromatic rings. The zero-order chi connectivity index (χ0) is 19.4. The number of carbonyl (C=O) groups is 2. The van der Waals surface area contributed by atoms with Gasteiger partial charge in [-0.05, 0) is 53.1 Å². The maximum absolute atomic E-state index is 12.5. The number of aromatic hydroxyl groups is 1. The van der Waals surface area contributed by atoms with Gasteiger partial charge in [0.15, 0.2) is 0 Å². The monoisotopic (exact) mass is 362 g/mol. The van der Waals surface area contributed by atoms with Gasteiger partial charge in [-0.1, -0.05) is 30.3 Å². The number of hydrogen-bond donors (Lipinski definition) is 4. The number of carbonyl (C=O) groups excluding carboxylic acids is 1. The Morgan fingerprint density at radius 2 is 1.67 bits per heavy atom. The highest BCUT2D eigenvalue weighted by atomic mass is 16.4. The Morgan fingerprint density at radius 1 is 0.926 bits per heavy atom. The summed E-state index contributed by atoms with van der Waals surface area (Å²) in [6.45, 7) is 0.384. The lowest BCUT2D eigenvalue weighted by Crippen LogP contribution is -2.12. The summed E-state index contributed by atoms with van der Waals surface area (Å²) in [5.74, 6) is -1.81. The average Bonchev–Trinajstić information content (AvgIpc) is 2.67. The largest absolute Gasteiger partial charge is 0.507 e. The Kier molecular flexibility index (Phi) is 5.19. The fourth-order valence-electron chi connectivity index (χ4n) is 2.71. The number of aromatic carboxylic acids is 1. The van der Waals surface area contributed by atoms with Gasteiger partial charge in [-0.25, -0.2) is 4.79 Å². The van der Waals surface area contributed by atoms with Gasteiger partial charge in [-0.2, -0.15) is 0 Å². The molecule has 1 amide bonds. The number of carboxylic acid groups (broad SMARTS) is 1. The van der Waals surface area contributed by atoms with E-state index in [1.54, 1.807) is 36.4 Å². The van der Waals surface area contributed by atoms with Crippen LogP contribution in [0.15, 0.2) is 66.7 Å². The Bertz CT molecular complexity index is 1010. The summed E-state index contributed by atoms with van der Waals surface area (Å²) in [4.78, 5) is 23.5. The van der Waals surface area contributed by atoms with Gasteiger partial charge in [-0.15, -0.1) is 0 Å². The molecule has 0 aromatic heterocycles. The van der Waals surface area contributed by atoms with Crippen LogP contribution in [0.25, 0.3) is 11.1 Å². The molecule has 0 saturated heterocycles. The molecule has 0 aliphatic carbocycles. The molecule has 6 nitrogen and oxygen atoms in total. The first-order valence-corrected chi connectivity index (χ1v) is 8.25. The van der Waals surface area contributed by atoms with Crippen molar-refractivity contribution in [3.63, 3.8) is 0 Å². The molecule has 0 spiro atoms. The number of benzene rings is 3. The lowest BCUT2D eigenvalue weighted by atomic mass is 10.0. The van der Waals surface area contributed by atoms with Gasteiger partial charge >= 0.3 is 5.97 Å². The van der Waals surface area contributed by atoms with Crippen molar-refractivity contribution >= 4 is 17.6 Å². The Hall–Kier alpha value is -3.64. The predicted octanol–water partition coefficient (Wildman–Crippen LogP) is 3.47. The Labute approximate surface area is 155 Å². The quantitative estimate of drug-likeness (QED) is 0.555. The highest BCUT2D eigenvalue weighted by molar-refractivity contribution is 6.05. The highest BCUT2D eigenvalue weighted by Crippen LogP contribution is 2.27. The summed E-state index contributed by atoms with van der Waals surface area (Å²) in [5, 5.41) is 21.7. The minimum absolute atomic E-state index is 0.174. The minimum Gasteiger partial charge on any atom is -0.507 e. The van der Waals surface area contributed by atoms with E-state index in [1.165, 1.54) is 12.1 Å². The van der Waals surface area contributed by atoms with E-state index >= 15 is 0 Å². The van der Waals surface area contributed by atoms with E-state index in [0.717, 1.165) is 5.56 Å². The summed E-state index contributed by atoms with van der Waals surface area (Å²) in [6.07, 6.45) is 0. The van der Waals surface area contributed by atoms with Gasteiger partial charge in [0.05, 0.1) is 0 Å². The van der Waals surface area contributed by atoms with E-state index in [-0.39, 0.29) is 17.2 Å². The van der Waals surface area contributed by atoms with Crippen LogP contribution in [-0.4, -0.2) is 22.1 Å². The standard InChI is InChI=1S/C21H18N2O4/c22-12-13-3-1-6-17(9-13)23-20(25)16-5-2-4-14(10-16)15-7-8-18(21(26)27)19(24)11-15/h1-11,24H,12,22H2,(H,23,25)(H,26,27). The van der Waals surface area contributed by atoms with Gasteiger partial charge < -0.3 is 21.3 Å². The van der Waals surface area contributed by atoms with Crippen LogP contribution in [0.4, 0.5) is 5.69 Å². The van der Waals surface area contributed by atoms with Crippen LogP contribution in [0.3, 0.4) is 0 Å². The predicted molar refractivity (Wildman–Crippen MR) is 103 cm³/mol. The van der Waals surface area contributed by atoms with E-state index in [2.05, 4.69) is 5.32 Å². The van der Waals surface area contributed by atoms with E-state index < -0.39 is 5.97 Å². The van der Waals surface area contributed by atoms with E-state index in [1.807, 2.05) is 18.2 Å². The van der Waals surface area contributed by atoms with Crippen molar-refractivity contribution in [2.45, 2.75) is 6.54 Å². The smallest absolute Gasteiger partial charge is 0.339 e. The molecule has 0 unspecified atom stereocenters. The number of phenols is 1. The third-order valence-electron chi connectivity index (χ3n) is 4.11. The number of rotatable bonds is 5. The fourth-order valence-corrected chi connectivity index (χ4v) is 2.71. The molecule has 6 heteroatoms. The van der Waals surface area contributed by atoms with Gasteiger partial charge in [-0.3, -0.25) is 4.79 Å². The normalized spacial score (nSPS) is 10.4. The second-order valence-corrected chi connectivity index (χ2v) is 5.98. The highest BCUT2D eigenvalue weighted by Gasteiger charge is 2.12. The minimum atomic E-state index is -1.20. The third-order valence-corrected chi connectivity index (χ3v) is 4.11. The first-order valence-electron chi connectivity index (χ1n) is 8.25. The van der Waals surface area contributed by atoms with Gasteiger partial charge in [0.25, 0.3) is 5.91 Å². The van der Waals surface area contributed by atoms with Crippen LogP contribution in [0, 0.1) is 0 Å². The lowest BCUT2D eigenvalue weighted by molar-refractivity contribution is 0.0693. The number of anilines is 1. The summed E-state index contributed by atoms with van der Waals surface area (Å²) < 4.78 is 0.